The van der Waals surface area contributed by atoms with Crippen LogP contribution in [0.2, 0.25) is 0 Å². The summed E-state index contributed by atoms with van der Waals surface area (Å²) in [6.07, 6.45) is 4.24. The minimum Gasteiger partial charge on any atom is -0.460 e. The molecule has 1 aromatic rings. The van der Waals surface area contributed by atoms with Crippen molar-refractivity contribution >= 4 is 17.7 Å². The van der Waals surface area contributed by atoms with Gasteiger partial charge < -0.3 is 20.7 Å². The quantitative estimate of drug-likeness (QED) is 0.723. The van der Waals surface area contributed by atoms with E-state index in [2.05, 4.69) is 20.9 Å². The highest BCUT2D eigenvalue weighted by Gasteiger charge is 2.49. The molecule has 3 heterocycles. The van der Waals surface area contributed by atoms with Crippen LogP contribution in [-0.2, 0) is 9.53 Å². The lowest BCUT2D eigenvalue weighted by atomic mass is 9.76. The fourth-order valence-electron chi connectivity index (χ4n) is 3.13. The number of piperidine rings is 1. The van der Waals surface area contributed by atoms with E-state index < -0.39 is 17.3 Å². The number of esters is 1. The molecule has 1 unspecified atom stereocenters. The van der Waals surface area contributed by atoms with Crippen LogP contribution in [0, 0.1) is 11.2 Å². The van der Waals surface area contributed by atoms with Gasteiger partial charge in [-0.25, -0.2) is 9.18 Å². The zero-order chi connectivity index (χ0) is 16.3. The van der Waals surface area contributed by atoms with Crippen molar-refractivity contribution in [3.8, 4) is 0 Å². The predicted molar refractivity (Wildman–Crippen MR) is 80.3 cm³/mol. The van der Waals surface area contributed by atoms with Gasteiger partial charge in [0.2, 0.25) is 0 Å². The van der Waals surface area contributed by atoms with Crippen molar-refractivity contribution in [2.24, 2.45) is 5.41 Å². The number of carbonyl (C=O) groups excluding carboxylic acids is 2. The molecular formula is C15H19FN4O3. The average molecular weight is 322 g/mol. The summed E-state index contributed by atoms with van der Waals surface area (Å²) in [5, 5.41) is 8.36. The molecule has 2 aliphatic rings. The molecule has 1 atom stereocenters. The molecule has 2 amide bonds. The van der Waals surface area contributed by atoms with Crippen molar-refractivity contribution in [2.45, 2.75) is 25.4 Å². The summed E-state index contributed by atoms with van der Waals surface area (Å²) in [6.45, 7) is 1.85. The van der Waals surface area contributed by atoms with Gasteiger partial charge in [0, 0.05) is 12.5 Å². The molecule has 0 bridgehead atoms. The molecule has 0 radical (unpaired) electrons. The van der Waals surface area contributed by atoms with Crippen LogP contribution >= 0.6 is 0 Å². The lowest BCUT2D eigenvalue weighted by molar-refractivity contribution is -0.149. The molecule has 3 N–H and O–H groups in total. The Labute approximate surface area is 133 Å². The number of amides is 2. The number of hydrogen-bond donors (Lipinski definition) is 3. The molecular weight excluding hydrogens is 303 g/mol. The first-order valence-corrected chi connectivity index (χ1v) is 7.65. The van der Waals surface area contributed by atoms with Crippen molar-refractivity contribution < 1.29 is 18.7 Å². The summed E-state index contributed by atoms with van der Waals surface area (Å²) < 4.78 is 18.4. The molecule has 8 heteroatoms. The van der Waals surface area contributed by atoms with Gasteiger partial charge in [-0.05, 0) is 25.9 Å². The van der Waals surface area contributed by atoms with Crippen LogP contribution in [0.5, 0.6) is 0 Å². The Kier molecular flexibility index (Phi) is 4.42. The zero-order valence-corrected chi connectivity index (χ0v) is 12.6. The maximum atomic E-state index is 13.0. The van der Waals surface area contributed by atoms with Crippen LogP contribution < -0.4 is 16.0 Å². The highest BCUT2D eigenvalue weighted by molar-refractivity contribution is 5.89. The predicted octanol–water partition coefficient (Wildman–Crippen LogP) is 1.03. The fraction of sp³-hybridized carbons (Fsp3) is 0.533. The van der Waals surface area contributed by atoms with Gasteiger partial charge in [-0.2, -0.15) is 0 Å². The smallest absolute Gasteiger partial charge is 0.319 e. The third-order valence-electron chi connectivity index (χ3n) is 4.34. The van der Waals surface area contributed by atoms with Gasteiger partial charge in [0.1, 0.15) is 11.9 Å². The molecule has 3 rings (SSSR count). The second-order valence-electron chi connectivity index (χ2n) is 5.99. The number of carbonyl (C=O) groups is 2. The monoisotopic (exact) mass is 322 g/mol. The number of ether oxygens (including phenoxy) is 1. The van der Waals surface area contributed by atoms with Crippen molar-refractivity contribution in [3.05, 3.63) is 24.3 Å². The summed E-state index contributed by atoms with van der Waals surface area (Å²) in [6, 6.07) is 0.686. The standard InChI is InChI=1S/C15H19FN4O3/c16-10-5-11(8-18-7-10)20-14(22)19-9-12-6-15(13(21)23-12)1-3-17-4-2-15/h5,7-8,12,17H,1-4,6,9H2,(H2,19,20,22). The summed E-state index contributed by atoms with van der Waals surface area (Å²) in [5.74, 6) is -0.694. The topological polar surface area (TPSA) is 92.4 Å². The lowest BCUT2D eigenvalue weighted by Gasteiger charge is -2.29. The number of nitrogens with zero attached hydrogens (tertiary/aromatic N) is 1. The van der Waals surface area contributed by atoms with Gasteiger partial charge in [0.05, 0.1) is 30.0 Å². The second-order valence-corrected chi connectivity index (χ2v) is 5.99. The van der Waals surface area contributed by atoms with E-state index in [9.17, 15) is 14.0 Å². The number of urea groups is 1. The van der Waals surface area contributed by atoms with Crippen LogP contribution in [0.4, 0.5) is 14.9 Å². The molecule has 0 saturated carbocycles. The van der Waals surface area contributed by atoms with E-state index >= 15 is 0 Å². The molecule has 7 nitrogen and oxygen atoms in total. The molecule has 1 aromatic heterocycles. The zero-order valence-electron chi connectivity index (χ0n) is 12.6. The van der Waals surface area contributed by atoms with Gasteiger partial charge in [-0.3, -0.25) is 9.78 Å². The maximum absolute atomic E-state index is 13.0. The van der Waals surface area contributed by atoms with E-state index in [1.807, 2.05) is 0 Å². The highest BCUT2D eigenvalue weighted by Crippen LogP contribution is 2.41. The number of pyridine rings is 1. The molecule has 23 heavy (non-hydrogen) atoms. The number of cyclic esters (lactones) is 1. The van der Waals surface area contributed by atoms with E-state index in [1.165, 1.54) is 12.3 Å². The summed E-state index contributed by atoms with van der Waals surface area (Å²) in [7, 11) is 0. The summed E-state index contributed by atoms with van der Waals surface area (Å²) in [5.41, 5.74) is -0.138. The molecule has 0 aliphatic carbocycles. The minimum atomic E-state index is -0.527. The number of halogens is 1. The summed E-state index contributed by atoms with van der Waals surface area (Å²) >= 11 is 0. The van der Waals surface area contributed by atoms with Crippen LogP contribution in [-0.4, -0.2) is 42.7 Å². The van der Waals surface area contributed by atoms with Gasteiger partial charge in [0.25, 0.3) is 0 Å². The van der Waals surface area contributed by atoms with Crippen LogP contribution in [0.15, 0.2) is 18.5 Å². The number of aromatic nitrogens is 1. The Balaban J connectivity index is 1.49. The normalized spacial score (nSPS) is 22.7. The van der Waals surface area contributed by atoms with Crippen molar-refractivity contribution in [2.75, 3.05) is 25.0 Å². The molecule has 0 aromatic carbocycles. The van der Waals surface area contributed by atoms with E-state index in [-0.39, 0.29) is 24.3 Å². The Bertz CT molecular complexity index is 604. The number of rotatable bonds is 3. The fourth-order valence-corrected chi connectivity index (χ4v) is 3.13. The van der Waals surface area contributed by atoms with E-state index in [0.717, 1.165) is 32.1 Å². The SMILES string of the molecule is O=C(NCC1CC2(CCNCC2)C(=O)O1)Nc1cncc(F)c1. The van der Waals surface area contributed by atoms with E-state index in [0.29, 0.717) is 6.42 Å². The first-order valence-electron chi connectivity index (χ1n) is 7.65. The van der Waals surface area contributed by atoms with Gasteiger partial charge >= 0.3 is 12.0 Å². The first kappa shape index (κ1) is 15.7. The van der Waals surface area contributed by atoms with Crippen molar-refractivity contribution in [1.29, 1.82) is 0 Å². The van der Waals surface area contributed by atoms with Gasteiger partial charge in [-0.15, -0.1) is 0 Å². The van der Waals surface area contributed by atoms with Gasteiger partial charge in [-0.1, -0.05) is 0 Å². The van der Waals surface area contributed by atoms with Crippen molar-refractivity contribution in [3.63, 3.8) is 0 Å². The number of hydrogen-bond acceptors (Lipinski definition) is 5. The van der Waals surface area contributed by atoms with Crippen LogP contribution in [0.25, 0.3) is 0 Å². The average Bonchev–Trinajstić information content (AvgIpc) is 2.82. The van der Waals surface area contributed by atoms with Gasteiger partial charge in [0.15, 0.2) is 0 Å². The largest absolute Gasteiger partial charge is 0.460 e. The molecule has 1 spiro atoms. The molecule has 124 valence electrons. The Morgan fingerprint density at radius 2 is 2.22 bits per heavy atom. The number of nitrogens with one attached hydrogen (secondary N) is 3. The second kappa shape index (κ2) is 6.49. The van der Waals surface area contributed by atoms with Crippen molar-refractivity contribution in [1.82, 2.24) is 15.6 Å². The van der Waals surface area contributed by atoms with E-state index in [4.69, 9.17) is 4.74 Å². The Hall–Kier alpha value is -2.22. The first-order chi connectivity index (χ1) is 11.1. The third kappa shape index (κ3) is 3.58. The highest BCUT2D eigenvalue weighted by atomic mass is 19.1. The Morgan fingerprint density at radius 1 is 1.43 bits per heavy atom. The molecule has 2 saturated heterocycles. The third-order valence-corrected chi connectivity index (χ3v) is 4.34. The number of anilines is 1. The van der Waals surface area contributed by atoms with E-state index in [1.54, 1.807) is 0 Å². The van der Waals surface area contributed by atoms with Crippen LogP contribution in [0.1, 0.15) is 19.3 Å². The Morgan fingerprint density at radius 3 is 2.96 bits per heavy atom. The van der Waals surface area contributed by atoms with Crippen LogP contribution in [0.3, 0.4) is 0 Å². The summed E-state index contributed by atoms with van der Waals surface area (Å²) in [4.78, 5) is 27.6. The maximum Gasteiger partial charge on any atom is 0.319 e. The lowest BCUT2D eigenvalue weighted by Crippen LogP contribution is -2.40. The molecule has 2 aliphatic heterocycles. The molecule has 2 fully saturated rings. The minimum absolute atomic E-state index is 0.166.